The minimum Gasteiger partial charge on any atom is -0.378 e. The molecule has 2 fully saturated rings. The highest BCUT2D eigenvalue weighted by Crippen LogP contribution is 2.39. The van der Waals surface area contributed by atoms with Crippen LogP contribution in [0.15, 0.2) is 0 Å². The Morgan fingerprint density at radius 1 is 1.44 bits per heavy atom. The molecule has 0 aromatic carbocycles. The molecule has 0 bridgehead atoms. The number of amides is 1. The number of methoxy groups -OCH3 is 1. The average molecular weight is 318 g/mol. The van der Waals surface area contributed by atoms with Crippen LogP contribution in [0.5, 0.6) is 0 Å². The second kappa shape index (κ2) is 6.38. The summed E-state index contributed by atoms with van der Waals surface area (Å²) in [4.78, 5) is 14.5. The van der Waals surface area contributed by atoms with Crippen LogP contribution in [0.4, 0.5) is 0 Å². The van der Waals surface area contributed by atoms with E-state index in [-0.39, 0.29) is 5.60 Å². The molecule has 1 amide bonds. The number of rotatable bonds is 6. The van der Waals surface area contributed by atoms with Gasteiger partial charge in [0.1, 0.15) is 0 Å². The molecule has 1 unspecified atom stereocenters. The quantitative estimate of drug-likeness (QED) is 0.704. The third kappa shape index (κ3) is 3.08. The summed E-state index contributed by atoms with van der Waals surface area (Å²) < 4.78 is 5.57. The molecule has 104 valence electrons. The molecule has 0 aromatic heterocycles. The van der Waals surface area contributed by atoms with Gasteiger partial charge in [0.2, 0.25) is 5.91 Å². The van der Waals surface area contributed by atoms with Crippen LogP contribution in [0.25, 0.3) is 0 Å². The van der Waals surface area contributed by atoms with Crippen molar-refractivity contribution in [2.75, 3.05) is 19.0 Å². The van der Waals surface area contributed by atoms with Crippen LogP contribution < -0.4 is 0 Å². The molecular formula is C14H24BrNO2. The van der Waals surface area contributed by atoms with Crippen LogP contribution in [-0.2, 0) is 9.53 Å². The molecule has 0 aromatic rings. The highest BCUT2D eigenvalue weighted by Gasteiger charge is 2.41. The van der Waals surface area contributed by atoms with Gasteiger partial charge in [-0.1, -0.05) is 15.9 Å². The number of nitrogens with zero attached hydrogens (tertiary/aromatic N) is 1. The van der Waals surface area contributed by atoms with Crippen LogP contribution in [0.1, 0.15) is 51.4 Å². The van der Waals surface area contributed by atoms with Crippen LogP contribution >= 0.6 is 15.9 Å². The number of carbonyl (C=O) groups excluding carboxylic acids is 1. The molecule has 4 heteroatoms. The first-order chi connectivity index (χ1) is 8.71. The minimum atomic E-state index is -0.125. The maximum atomic E-state index is 12.4. The van der Waals surface area contributed by atoms with E-state index >= 15 is 0 Å². The average Bonchev–Trinajstić information content (AvgIpc) is 2.79. The molecule has 0 radical (unpaired) electrons. The van der Waals surface area contributed by atoms with Gasteiger partial charge < -0.3 is 9.64 Å². The molecule has 1 saturated heterocycles. The first-order valence-corrected chi connectivity index (χ1v) is 8.23. The highest BCUT2D eigenvalue weighted by atomic mass is 79.9. The number of hydrogen-bond acceptors (Lipinski definition) is 2. The van der Waals surface area contributed by atoms with Gasteiger partial charge in [-0.3, -0.25) is 4.79 Å². The fraction of sp³-hybridized carbons (Fsp3) is 0.929. The number of carbonyl (C=O) groups is 1. The third-order valence-electron chi connectivity index (χ3n) is 4.54. The van der Waals surface area contributed by atoms with E-state index in [9.17, 15) is 4.79 Å². The SMILES string of the molecule is COC1(CC(=O)N2CCCC2CCCBr)CCC1. The Labute approximate surface area is 118 Å². The Morgan fingerprint density at radius 2 is 2.22 bits per heavy atom. The van der Waals surface area contributed by atoms with Crippen molar-refractivity contribution in [2.24, 2.45) is 0 Å². The van der Waals surface area contributed by atoms with E-state index in [0.717, 1.165) is 37.6 Å². The maximum Gasteiger partial charge on any atom is 0.225 e. The van der Waals surface area contributed by atoms with Crippen molar-refractivity contribution >= 4 is 21.8 Å². The molecule has 18 heavy (non-hydrogen) atoms. The van der Waals surface area contributed by atoms with Gasteiger partial charge in [-0.25, -0.2) is 0 Å². The van der Waals surface area contributed by atoms with E-state index < -0.39 is 0 Å². The molecule has 0 N–H and O–H groups in total. The fourth-order valence-corrected chi connectivity index (χ4v) is 3.50. The van der Waals surface area contributed by atoms with Gasteiger partial charge in [0, 0.05) is 25.0 Å². The second-order valence-corrected chi connectivity index (χ2v) is 6.42. The Morgan fingerprint density at radius 3 is 2.78 bits per heavy atom. The predicted octanol–water partition coefficient (Wildman–Crippen LogP) is 3.11. The largest absolute Gasteiger partial charge is 0.378 e. The summed E-state index contributed by atoms with van der Waals surface area (Å²) in [5, 5.41) is 1.04. The Balaban J connectivity index is 1.87. The standard InChI is InChI=1S/C14H24BrNO2/c1-18-14(7-4-8-14)11-13(17)16-10-3-6-12(16)5-2-9-15/h12H,2-11H2,1H3. The van der Waals surface area contributed by atoms with E-state index in [2.05, 4.69) is 20.8 Å². The van der Waals surface area contributed by atoms with Crippen molar-refractivity contribution in [3.8, 4) is 0 Å². The highest BCUT2D eigenvalue weighted by molar-refractivity contribution is 9.09. The molecule has 1 aliphatic carbocycles. The van der Waals surface area contributed by atoms with Crippen LogP contribution in [-0.4, -0.2) is 41.4 Å². The molecule has 1 heterocycles. The number of hydrogen-bond donors (Lipinski definition) is 0. The third-order valence-corrected chi connectivity index (χ3v) is 5.10. The summed E-state index contributed by atoms with van der Waals surface area (Å²) in [6.07, 6.45) is 8.53. The Kier molecular flexibility index (Phi) is 5.07. The molecule has 2 aliphatic rings. The molecule has 0 spiro atoms. The fourth-order valence-electron chi connectivity index (χ4n) is 3.18. The van der Waals surface area contributed by atoms with Crippen LogP contribution in [0, 0.1) is 0 Å². The minimum absolute atomic E-state index is 0.125. The smallest absolute Gasteiger partial charge is 0.225 e. The zero-order valence-corrected chi connectivity index (χ0v) is 12.9. The lowest BCUT2D eigenvalue weighted by molar-refractivity contribution is -0.145. The first kappa shape index (κ1) is 14.3. The lowest BCUT2D eigenvalue weighted by Crippen LogP contribution is -2.46. The lowest BCUT2D eigenvalue weighted by atomic mass is 9.77. The summed E-state index contributed by atoms with van der Waals surface area (Å²) in [5.74, 6) is 0.314. The Bertz CT molecular complexity index is 286. The molecule has 1 saturated carbocycles. The second-order valence-electron chi connectivity index (χ2n) is 5.63. The number of ether oxygens (including phenoxy) is 1. The topological polar surface area (TPSA) is 29.5 Å². The van der Waals surface area contributed by atoms with Gasteiger partial charge in [0.25, 0.3) is 0 Å². The van der Waals surface area contributed by atoms with E-state index in [1.54, 1.807) is 7.11 Å². The van der Waals surface area contributed by atoms with E-state index in [4.69, 9.17) is 4.74 Å². The van der Waals surface area contributed by atoms with Gasteiger partial charge in [0.15, 0.2) is 0 Å². The zero-order valence-electron chi connectivity index (χ0n) is 11.3. The van der Waals surface area contributed by atoms with Crippen molar-refractivity contribution < 1.29 is 9.53 Å². The maximum absolute atomic E-state index is 12.4. The molecule has 2 rings (SSSR count). The van der Waals surface area contributed by atoms with Crippen molar-refractivity contribution in [1.82, 2.24) is 4.90 Å². The Hall–Kier alpha value is -0.0900. The number of alkyl halides is 1. The molecule has 1 aliphatic heterocycles. The van der Waals surface area contributed by atoms with Gasteiger partial charge in [-0.15, -0.1) is 0 Å². The predicted molar refractivity (Wildman–Crippen MR) is 76.0 cm³/mol. The van der Waals surface area contributed by atoms with E-state index in [1.807, 2.05) is 0 Å². The van der Waals surface area contributed by atoms with E-state index in [1.165, 1.54) is 19.3 Å². The zero-order chi connectivity index (χ0) is 13.0. The first-order valence-electron chi connectivity index (χ1n) is 7.11. The van der Waals surface area contributed by atoms with Gasteiger partial charge in [0.05, 0.1) is 12.0 Å². The summed E-state index contributed by atoms with van der Waals surface area (Å²) >= 11 is 3.47. The normalized spacial score (nSPS) is 26.1. The molecular weight excluding hydrogens is 294 g/mol. The van der Waals surface area contributed by atoms with Crippen molar-refractivity contribution in [3.05, 3.63) is 0 Å². The van der Waals surface area contributed by atoms with Gasteiger partial charge >= 0.3 is 0 Å². The monoisotopic (exact) mass is 317 g/mol. The number of likely N-dealkylation sites (tertiary alicyclic amines) is 1. The summed E-state index contributed by atoms with van der Waals surface area (Å²) in [5.41, 5.74) is -0.125. The summed E-state index contributed by atoms with van der Waals surface area (Å²) in [6.45, 7) is 0.950. The van der Waals surface area contributed by atoms with Crippen LogP contribution in [0.3, 0.4) is 0 Å². The van der Waals surface area contributed by atoms with E-state index in [0.29, 0.717) is 18.4 Å². The van der Waals surface area contributed by atoms with Crippen molar-refractivity contribution in [2.45, 2.75) is 63.0 Å². The summed E-state index contributed by atoms with van der Waals surface area (Å²) in [6, 6.07) is 0.476. The number of halogens is 1. The van der Waals surface area contributed by atoms with Gasteiger partial charge in [-0.2, -0.15) is 0 Å². The van der Waals surface area contributed by atoms with Gasteiger partial charge in [-0.05, 0) is 44.9 Å². The van der Waals surface area contributed by atoms with Crippen molar-refractivity contribution in [1.29, 1.82) is 0 Å². The van der Waals surface area contributed by atoms with Crippen LogP contribution in [0.2, 0.25) is 0 Å². The molecule has 3 nitrogen and oxygen atoms in total. The lowest BCUT2D eigenvalue weighted by Gasteiger charge is -2.41. The summed E-state index contributed by atoms with van der Waals surface area (Å²) in [7, 11) is 1.75. The van der Waals surface area contributed by atoms with Crippen molar-refractivity contribution in [3.63, 3.8) is 0 Å². The molecule has 1 atom stereocenters.